The number of hydrogen-bond donors (Lipinski definition) is 1. The Balaban J connectivity index is 2.23. The van der Waals surface area contributed by atoms with E-state index in [4.69, 9.17) is 9.47 Å². The van der Waals surface area contributed by atoms with Gasteiger partial charge in [-0.1, -0.05) is 12.1 Å². The number of para-hydroxylation sites is 1. The first-order valence-corrected chi connectivity index (χ1v) is 10.3. The summed E-state index contributed by atoms with van der Waals surface area (Å²) < 4.78 is 49.5. The second-order valence-corrected chi connectivity index (χ2v) is 8.02. The maximum atomic E-state index is 14.1. The van der Waals surface area contributed by atoms with E-state index >= 15 is 0 Å². The number of halogens is 1. The molecule has 0 unspecified atom stereocenters. The Morgan fingerprint density at radius 2 is 1.86 bits per heavy atom. The van der Waals surface area contributed by atoms with Crippen LogP contribution in [0.1, 0.15) is 18.5 Å². The lowest BCUT2D eigenvalue weighted by molar-refractivity contribution is -0.120. The molecule has 152 valence electrons. The maximum absolute atomic E-state index is 14.1. The van der Waals surface area contributed by atoms with Crippen LogP contribution in [0, 0.1) is 5.82 Å². The van der Waals surface area contributed by atoms with Gasteiger partial charge in [0.15, 0.2) is 0 Å². The summed E-state index contributed by atoms with van der Waals surface area (Å²) in [6.45, 7) is 1.17. The van der Waals surface area contributed by atoms with Gasteiger partial charge in [-0.2, -0.15) is 0 Å². The number of carbonyl (C=O) groups excluding carboxylic acids is 1. The first-order valence-electron chi connectivity index (χ1n) is 8.41. The van der Waals surface area contributed by atoms with Gasteiger partial charge in [-0.25, -0.2) is 12.8 Å². The fourth-order valence-corrected chi connectivity index (χ4v) is 3.57. The molecule has 2 aromatic carbocycles. The minimum Gasteiger partial charge on any atom is -0.497 e. The van der Waals surface area contributed by atoms with Gasteiger partial charge in [-0.15, -0.1) is 0 Å². The van der Waals surface area contributed by atoms with E-state index in [-0.39, 0.29) is 5.69 Å². The SMILES string of the molecule is COc1ccc(OC)c([C@@H](C)NC(=O)CN(c2ccccc2F)S(C)(=O)=O)c1. The van der Waals surface area contributed by atoms with Crippen molar-refractivity contribution in [1.82, 2.24) is 5.32 Å². The zero-order chi connectivity index (χ0) is 20.9. The van der Waals surface area contributed by atoms with Crippen molar-refractivity contribution in [3.8, 4) is 11.5 Å². The number of anilines is 1. The van der Waals surface area contributed by atoms with E-state index in [9.17, 15) is 17.6 Å². The van der Waals surface area contributed by atoms with E-state index < -0.39 is 34.3 Å². The van der Waals surface area contributed by atoms with Crippen LogP contribution in [0.25, 0.3) is 0 Å². The second-order valence-electron chi connectivity index (χ2n) is 6.12. The molecule has 0 aliphatic rings. The summed E-state index contributed by atoms with van der Waals surface area (Å²) in [5, 5.41) is 2.71. The Bertz CT molecular complexity index is 949. The van der Waals surface area contributed by atoms with Crippen LogP contribution in [0.4, 0.5) is 10.1 Å². The molecule has 0 bridgehead atoms. The molecule has 7 nitrogen and oxygen atoms in total. The van der Waals surface area contributed by atoms with Crippen LogP contribution >= 0.6 is 0 Å². The van der Waals surface area contributed by atoms with Crippen LogP contribution in [0.3, 0.4) is 0 Å². The van der Waals surface area contributed by atoms with Gasteiger partial charge in [0.1, 0.15) is 23.9 Å². The van der Waals surface area contributed by atoms with E-state index in [1.54, 1.807) is 25.1 Å². The van der Waals surface area contributed by atoms with Crippen LogP contribution in [-0.4, -0.2) is 41.3 Å². The number of hydrogen-bond acceptors (Lipinski definition) is 5. The molecule has 0 saturated heterocycles. The molecule has 0 aliphatic carbocycles. The predicted octanol–water partition coefficient (Wildman–Crippen LogP) is 2.49. The predicted molar refractivity (Wildman–Crippen MR) is 105 cm³/mol. The number of rotatable bonds is 8. The number of benzene rings is 2. The molecular formula is C19H23FN2O5S. The van der Waals surface area contributed by atoms with Crippen LogP contribution in [0.2, 0.25) is 0 Å². The van der Waals surface area contributed by atoms with Gasteiger partial charge in [0.05, 0.1) is 32.2 Å². The summed E-state index contributed by atoms with van der Waals surface area (Å²) in [5.41, 5.74) is 0.471. The Kier molecular flexibility index (Phi) is 6.85. The molecule has 1 atom stereocenters. The van der Waals surface area contributed by atoms with Crippen molar-refractivity contribution < 1.29 is 27.1 Å². The average Bonchev–Trinajstić information content (AvgIpc) is 2.65. The third kappa shape index (κ3) is 5.13. The van der Waals surface area contributed by atoms with Gasteiger partial charge in [-0.05, 0) is 37.3 Å². The van der Waals surface area contributed by atoms with Crippen molar-refractivity contribution in [1.29, 1.82) is 0 Å². The smallest absolute Gasteiger partial charge is 0.241 e. The van der Waals surface area contributed by atoms with E-state index in [1.165, 1.54) is 32.4 Å². The Labute approximate surface area is 164 Å². The number of nitrogens with zero attached hydrogens (tertiary/aromatic N) is 1. The summed E-state index contributed by atoms with van der Waals surface area (Å²) in [5.74, 6) is -0.196. The van der Waals surface area contributed by atoms with Crippen molar-refractivity contribution in [3.63, 3.8) is 0 Å². The molecule has 0 radical (unpaired) electrons. The number of amides is 1. The first-order chi connectivity index (χ1) is 13.2. The lowest BCUT2D eigenvalue weighted by Crippen LogP contribution is -2.41. The molecule has 1 N–H and O–H groups in total. The van der Waals surface area contributed by atoms with Crippen molar-refractivity contribution in [3.05, 3.63) is 53.8 Å². The van der Waals surface area contributed by atoms with E-state index in [2.05, 4.69) is 5.32 Å². The first kappa shape index (κ1) is 21.5. The monoisotopic (exact) mass is 410 g/mol. The highest BCUT2D eigenvalue weighted by Gasteiger charge is 2.24. The molecule has 2 aromatic rings. The number of methoxy groups -OCH3 is 2. The number of carbonyl (C=O) groups is 1. The Morgan fingerprint density at radius 1 is 1.18 bits per heavy atom. The van der Waals surface area contributed by atoms with Crippen molar-refractivity contribution in [2.24, 2.45) is 0 Å². The van der Waals surface area contributed by atoms with E-state index in [0.717, 1.165) is 16.6 Å². The fourth-order valence-electron chi connectivity index (χ4n) is 2.71. The maximum Gasteiger partial charge on any atom is 0.241 e. The lowest BCUT2D eigenvalue weighted by Gasteiger charge is -2.24. The third-order valence-electron chi connectivity index (χ3n) is 4.09. The minimum atomic E-state index is -3.87. The zero-order valence-corrected chi connectivity index (χ0v) is 16.9. The molecule has 0 spiro atoms. The van der Waals surface area contributed by atoms with Gasteiger partial charge in [0.25, 0.3) is 0 Å². The topological polar surface area (TPSA) is 84.9 Å². The van der Waals surface area contributed by atoms with Gasteiger partial charge >= 0.3 is 0 Å². The number of sulfonamides is 1. The summed E-state index contributed by atoms with van der Waals surface area (Å²) >= 11 is 0. The average molecular weight is 410 g/mol. The number of ether oxygens (including phenoxy) is 2. The van der Waals surface area contributed by atoms with Gasteiger partial charge < -0.3 is 14.8 Å². The molecule has 28 heavy (non-hydrogen) atoms. The highest BCUT2D eigenvalue weighted by Crippen LogP contribution is 2.29. The molecule has 2 rings (SSSR count). The highest BCUT2D eigenvalue weighted by molar-refractivity contribution is 7.92. The van der Waals surface area contributed by atoms with Crippen molar-refractivity contribution in [2.45, 2.75) is 13.0 Å². The van der Waals surface area contributed by atoms with Crippen LogP contribution < -0.4 is 19.1 Å². The zero-order valence-electron chi connectivity index (χ0n) is 16.1. The standard InChI is InChI=1S/C19H23FN2O5S/c1-13(15-11-14(26-2)9-10-18(15)27-3)21-19(23)12-22(28(4,24)25)17-8-6-5-7-16(17)20/h5-11,13H,12H2,1-4H3,(H,21,23)/t13-/m1/s1. The van der Waals surface area contributed by atoms with Crippen molar-refractivity contribution >= 4 is 21.6 Å². The molecule has 0 aromatic heterocycles. The third-order valence-corrected chi connectivity index (χ3v) is 5.22. The summed E-state index contributed by atoms with van der Waals surface area (Å²) in [4.78, 5) is 12.5. The molecule has 9 heteroatoms. The lowest BCUT2D eigenvalue weighted by atomic mass is 10.1. The molecule has 0 heterocycles. The molecule has 0 aliphatic heterocycles. The Morgan fingerprint density at radius 3 is 2.43 bits per heavy atom. The van der Waals surface area contributed by atoms with Crippen LogP contribution in [0.15, 0.2) is 42.5 Å². The van der Waals surface area contributed by atoms with E-state index in [1.807, 2.05) is 0 Å². The van der Waals surface area contributed by atoms with E-state index in [0.29, 0.717) is 17.1 Å². The molecular weight excluding hydrogens is 387 g/mol. The fraction of sp³-hybridized carbons (Fsp3) is 0.316. The summed E-state index contributed by atoms with van der Waals surface area (Å²) in [6, 6.07) is 10.0. The summed E-state index contributed by atoms with van der Waals surface area (Å²) in [6.07, 6.45) is 0.918. The Hall–Kier alpha value is -2.81. The van der Waals surface area contributed by atoms with Gasteiger partial charge in [0, 0.05) is 5.56 Å². The molecule has 0 fully saturated rings. The normalized spacial score (nSPS) is 12.2. The quantitative estimate of drug-likeness (QED) is 0.723. The molecule has 0 saturated carbocycles. The van der Waals surface area contributed by atoms with Crippen LogP contribution in [-0.2, 0) is 14.8 Å². The molecule has 1 amide bonds. The minimum absolute atomic E-state index is 0.188. The van der Waals surface area contributed by atoms with Gasteiger partial charge in [0.2, 0.25) is 15.9 Å². The van der Waals surface area contributed by atoms with Gasteiger partial charge in [-0.3, -0.25) is 9.10 Å². The van der Waals surface area contributed by atoms with Crippen molar-refractivity contribution in [2.75, 3.05) is 31.3 Å². The highest BCUT2D eigenvalue weighted by atomic mass is 32.2. The number of nitrogens with one attached hydrogen (secondary N) is 1. The van der Waals surface area contributed by atoms with Crippen LogP contribution in [0.5, 0.6) is 11.5 Å². The largest absolute Gasteiger partial charge is 0.497 e. The second kappa shape index (κ2) is 8.92. The summed E-state index contributed by atoms with van der Waals surface area (Å²) in [7, 11) is -0.847.